The Hall–Kier alpha value is -3.07. The van der Waals surface area contributed by atoms with E-state index in [-0.39, 0.29) is 12.2 Å². The van der Waals surface area contributed by atoms with E-state index < -0.39 is 38.2 Å². The first kappa shape index (κ1) is 21.2. The summed E-state index contributed by atoms with van der Waals surface area (Å²) in [6.07, 6.45) is 5.83. The smallest absolute Gasteiger partial charge is 0.338 e. The number of esters is 1. The fraction of sp³-hybridized carbons (Fsp3) is 0.421. The molecule has 1 saturated carbocycles. The summed E-state index contributed by atoms with van der Waals surface area (Å²) < 4.78 is 5.35. The van der Waals surface area contributed by atoms with Crippen molar-refractivity contribution >= 4 is 17.3 Å². The lowest BCUT2D eigenvalue weighted by Gasteiger charge is -2.41. The maximum atomic E-state index is 12.5. The van der Waals surface area contributed by atoms with Crippen LogP contribution >= 0.6 is 0 Å². The van der Waals surface area contributed by atoms with Crippen molar-refractivity contribution in [2.45, 2.75) is 37.7 Å². The summed E-state index contributed by atoms with van der Waals surface area (Å²) in [7, 11) is 0. The number of nitro benzene ring substituents is 2. The van der Waals surface area contributed by atoms with Crippen LogP contribution in [0.15, 0.2) is 43.5 Å². The van der Waals surface area contributed by atoms with Crippen molar-refractivity contribution in [1.82, 2.24) is 0 Å². The minimum Gasteiger partial charge on any atom is -0.461 e. The number of ether oxygens (including phenoxy) is 1. The summed E-state index contributed by atoms with van der Waals surface area (Å²) in [5.74, 6) is -0.928. The normalized spacial score (nSPS) is 23.8. The van der Waals surface area contributed by atoms with Gasteiger partial charge in [-0.3, -0.25) is 20.2 Å². The molecule has 0 aliphatic heterocycles. The number of nitrogens with zero attached hydrogens (tertiary/aromatic N) is 2. The number of aliphatic hydroxyl groups is 1. The SMILES string of the molecule is C=CC[C@@]1(O)CCC[C@@]1(CC=C)COC(=O)c1cc([N+](=O)[O-])cc([N+](=O)[O-])c1. The highest BCUT2D eigenvalue weighted by molar-refractivity contribution is 5.91. The van der Waals surface area contributed by atoms with Gasteiger partial charge in [-0.15, -0.1) is 13.2 Å². The predicted molar refractivity (Wildman–Crippen MR) is 101 cm³/mol. The molecule has 0 heterocycles. The third-order valence-corrected chi connectivity index (χ3v) is 5.29. The van der Waals surface area contributed by atoms with E-state index in [1.807, 2.05) is 0 Å². The zero-order valence-corrected chi connectivity index (χ0v) is 15.3. The first-order chi connectivity index (χ1) is 13.2. The molecule has 1 fully saturated rings. The molecule has 0 saturated heterocycles. The predicted octanol–water partition coefficient (Wildman–Crippen LogP) is 3.71. The Morgan fingerprint density at radius 3 is 2.18 bits per heavy atom. The molecule has 0 amide bonds. The second-order valence-electron chi connectivity index (χ2n) is 6.98. The molecule has 0 radical (unpaired) electrons. The first-order valence-corrected chi connectivity index (χ1v) is 8.73. The van der Waals surface area contributed by atoms with E-state index >= 15 is 0 Å². The lowest BCUT2D eigenvalue weighted by atomic mass is 9.70. The van der Waals surface area contributed by atoms with Gasteiger partial charge in [-0.1, -0.05) is 12.2 Å². The second kappa shape index (κ2) is 8.30. The van der Waals surface area contributed by atoms with Gasteiger partial charge in [0.25, 0.3) is 11.4 Å². The van der Waals surface area contributed by atoms with Crippen LogP contribution in [0.1, 0.15) is 42.5 Å². The molecule has 9 heteroatoms. The molecule has 28 heavy (non-hydrogen) atoms. The molecule has 2 rings (SSSR count). The fourth-order valence-electron chi connectivity index (χ4n) is 3.82. The van der Waals surface area contributed by atoms with Gasteiger partial charge in [0.05, 0.1) is 27.1 Å². The number of hydrogen-bond donors (Lipinski definition) is 1. The fourth-order valence-corrected chi connectivity index (χ4v) is 3.82. The number of nitro groups is 2. The second-order valence-corrected chi connectivity index (χ2v) is 6.98. The van der Waals surface area contributed by atoms with E-state index in [1.165, 1.54) is 0 Å². The van der Waals surface area contributed by atoms with Crippen molar-refractivity contribution in [3.63, 3.8) is 0 Å². The molecule has 0 bridgehead atoms. The Morgan fingerprint density at radius 1 is 1.11 bits per heavy atom. The van der Waals surface area contributed by atoms with Gasteiger partial charge in [-0.2, -0.15) is 0 Å². The lowest BCUT2D eigenvalue weighted by Crippen LogP contribution is -2.47. The minimum atomic E-state index is -1.11. The van der Waals surface area contributed by atoms with E-state index in [9.17, 15) is 30.1 Å². The topological polar surface area (TPSA) is 133 Å². The Balaban J connectivity index is 2.28. The van der Waals surface area contributed by atoms with Crippen LogP contribution in [0.3, 0.4) is 0 Å². The Labute approximate surface area is 161 Å². The standard InChI is InChI=1S/C19H22N2O7/c1-3-6-18(8-5-9-19(18,23)7-4-2)13-28-17(22)14-10-15(20(24)25)12-16(11-14)21(26)27/h3-4,10-12,23H,1-2,5-9,13H2/t18-,19+/m0/s1. The van der Waals surface area contributed by atoms with Gasteiger partial charge in [-0.05, 0) is 32.1 Å². The molecule has 1 N–H and O–H groups in total. The van der Waals surface area contributed by atoms with Gasteiger partial charge < -0.3 is 9.84 Å². The van der Waals surface area contributed by atoms with E-state index in [2.05, 4.69) is 13.2 Å². The first-order valence-electron chi connectivity index (χ1n) is 8.73. The van der Waals surface area contributed by atoms with Gasteiger partial charge in [0.1, 0.15) is 6.61 Å². The van der Waals surface area contributed by atoms with Crippen LogP contribution < -0.4 is 0 Å². The van der Waals surface area contributed by atoms with Gasteiger partial charge in [-0.25, -0.2) is 4.79 Å². The maximum absolute atomic E-state index is 12.5. The van der Waals surface area contributed by atoms with Crippen molar-refractivity contribution in [2.24, 2.45) is 5.41 Å². The van der Waals surface area contributed by atoms with Gasteiger partial charge in [0, 0.05) is 17.5 Å². The van der Waals surface area contributed by atoms with E-state index in [1.54, 1.807) is 12.2 Å². The molecule has 0 aromatic heterocycles. The molecule has 1 aliphatic rings. The molecule has 2 atom stereocenters. The number of rotatable bonds is 9. The molecule has 9 nitrogen and oxygen atoms in total. The van der Waals surface area contributed by atoms with Crippen LogP contribution in [0, 0.1) is 25.6 Å². The zero-order valence-electron chi connectivity index (χ0n) is 15.3. The van der Waals surface area contributed by atoms with Gasteiger partial charge in [0.2, 0.25) is 0 Å². The summed E-state index contributed by atoms with van der Waals surface area (Å²) >= 11 is 0. The largest absolute Gasteiger partial charge is 0.461 e. The summed E-state index contributed by atoms with van der Waals surface area (Å²) in [6, 6.07) is 2.63. The molecular weight excluding hydrogens is 368 g/mol. The molecule has 1 aromatic carbocycles. The van der Waals surface area contributed by atoms with Crippen molar-refractivity contribution in [1.29, 1.82) is 0 Å². The lowest BCUT2D eigenvalue weighted by molar-refractivity contribution is -0.394. The van der Waals surface area contributed by atoms with Crippen LogP contribution in [0.2, 0.25) is 0 Å². The van der Waals surface area contributed by atoms with E-state index in [4.69, 9.17) is 4.74 Å². The Morgan fingerprint density at radius 2 is 1.68 bits per heavy atom. The molecule has 0 spiro atoms. The van der Waals surface area contributed by atoms with Crippen molar-refractivity contribution in [3.8, 4) is 0 Å². The third-order valence-electron chi connectivity index (χ3n) is 5.29. The monoisotopic (exact) mass is 390 g/mol. The average Bonchev–Trinajstić information content (AvgIpc) is 2.96. The highest BCUT2D eigenvalue weighted by atomic mass is 16.6. The van der Waals surface area contributed by atoms with Crippen LogP contribution in [0.4, 0.5) is 11.4 Å². The zero-order chi connectivity index (χ0) is 20.9. The number of carbonyl (C=O) groups is 1. The summed E-state index contributed by atoms with van der Waals surface area (Å²) in [4.78, 5) is 32.8. The Bertz CT molecular complexity index is 790. The molecular formula is C19H22N2O7. The number of allylic oxidation sites excluding steroid dienone is 1. The van der Waals surface area contributed by atoms with E-state index in [0.717, 1.165) is 24.6 Å². The number of non-ortho nitro benzene ring substituents is 2. The van der Waals surface area contributed by atoms with Crippen molar-refractivity contribution < 1.29 is 24.5 Å². The van der Waals surface area contributed by atoms with E-state index in [0.29, 0.717) is 25.7 Å². The maximum Gasteiger partial charge on any atom is 0.338 e. The number of benzene rings is 1. The molecule has 1 aliphatic carbocycles. The molecule has 0 unspecified atom stereocenters. The van der Waals surface area contributed by atoms with Gasteiger partial charge in [0.15, 0.2) is 0 Å². The minimum absolute atomic E-state index is 0.140. The molecule has 1 aromatic rings. The van der Waals surface area contributed by atoms with Crippen LogP contribution in [-0.2, 0) is 4.74 Å². The quantitative estimate of drug-likeness (QED) is 0.294. The summed E-state index contributed by atoms with van der Waals surface area (Å²) in [5, 5.41) is 33.0. The average molecular weight is 390 g/mol. The third kappa shape index (κ3) is 4.09. The van der Waals surface area contributed by atoms with Crippen molar-refractivity contribution in [3.05, 3.63) is 69.3 Å². The summed E-state index contributed by atoms with van der Waals surface area (Å²) in [5.41, 5.74) is -3.32. The van der Waals surface area contributed by atoms with Crippen LogP contribution in [0.25, 0.3) is 0 Å². The Kier molecular flexibility index (Phi) is 6.30. The van der Waals surface area contributed by atoms with Crippen molar-refractivity contribution in [2.75, 3.05) is 6.61 Å². The highest BCUT2D eigenvalue weighted by Crippen LogP contribution is 2.51. The number of hydrogen-bond acceptors (Lipinski definition) is 7. The number of carbonyl (C=O) groups excluding carboxylic acids is 1. The molecule has 150 valence electrons. The van der Waals surface area contributed by atoms with Crippen LogP contribution in [-0.4, -0.2) is 33.1 Å². The highest BCUT2D eigenvalue weighted by Gasteiger charge is 2.53. The van der Waals surface area contributed by atoms with Gasteiger partial charge >= 0.3 is 5.97 Å². The summed E-state index contributed by atoms with van der Waals surface area (Å²) in [6.45, 7) is 7.24. The van der Waals surface area contributed by atoms with Crippen LogP contribution in [0.5, 0.6) is 0 Å².